The summed E-state index contributed by atoms with van der Waals surface area (Å²) in [6.07, 6.45) is 0.818. The highest BCUT2D eigenvalue weighted by Gasteiger charge is 2.30. The van der Waals surface area contributed by atoms with E-state index in [4.69, 9.17) is 0 Å². The van der Waals surface area contributed by atoms with Crippen LogP contribution in [0, 0.1) is 5.82 Å². The highest BCUT2D eigenvalue weighted by molar-refractivity contribution is 7.90. The summed E-state index contributed by atoms with van der Waals surface area (Å²) in [7, 11) is -2.32. The van der Waals surface area contributed by atoms with E-state index in [9.17, 15) is 17.6 Å². The van der Waals surface area contributed by atoms with Gasteiger partial charge in [0.15, 0.2) is 0 Å². The van der Waals surface area contributed by atoms with E-state index in [2.05, 4.69) is 4.40 Å². The van der Waals surface area contributed by atoms with Crippen LogP contribution in [0.15, 0.2) is 51.8 Å². The molecule has 0 saturated carbocycles. The molecule has 0 radical (unpaired) electrons. The standard InChI is InChI=1S/C20H22FN3O3S/c1-4-11-24-14(2)22-28(26,27)19-12-15(9-10-18(19)24)20(25)23(3)13-16-7-5-6-8-17(16)21/h5-10,12H,4,11,13H2,1-3H3. The quantitative estimate of drug-likeness (QED) is 0.767. The van der Waals surface area contributed by atoms with Crippen molar-refractivity contribution < 1.29 is 17.6 Å². The monoisotopic (exact) mass is 403 g/mol. The van der Waals surface area contributed by atoms with Crippen LogP contribution in [0.1, 0.15) is 36.2 Å². The van der Waals surface area contributed by atoms with Crippen molar-refractivity contribution >= 4 is 27.5 Å². The van der Waals surface area contributed by atoms with Gasteiger partial charge in [-0.3, -0.25) is 4.79 Å². The van der Waals surface area contributed by atoms with Gasteiger partial charge in [0.2, 0.25) is 0 Å². The van der Waals surface area contributed by atoms with E-state index in [-0.39, 0.29) is 17.0 Å². The number of amides is 1. The molecule has 0 saturated heterocycles. The van der Waals surface area contributed by atoms with Crippen LogP contribution < -0.4 is 4.90 Å². The lowest BCUT2D eigenvalue weighted by molar-refractivity contribution is 0.0783. The van der Waals surface area contributed by atoms with E-state index in [0.717, 1.165) is 6.42 Å². The Morgan fingerprint density at radius 1 is 1.21 bits per heavy atom. The summed E-state index contributed by atoms with van der Waals surface area (Å²) in [6, 6.07) is 10.8. The molecule has 8 heteroatoms. The minimum atomic E-state index is -3.87. The Labute approximate surface area is 164 Å². The Morgan fingerprint density at radius 3 is 2.61 bits per heavy atom. The molecule has 0 aliphatic carbocycles. The van der Waals surface area contributed by atoms with Crippen LogP contribution in [-0.4, -0.2) is 38.7 Å². The molecule has 148 valence electrons. The summed E-state index contributed by atoms with van der Waals surface area (Å²) in [5, 5.41) is 0. The fraction of sp³-hybridized carbons (Fsp3) is 0.300. The largest absolute Gasteiger partial charge is 0.337 e. The van der Waals surface area contributed by atoms with E-state index in [1.54, 1.807) is 44.3 Å². The average Bonchev–Trinajstić information content (AvgIpc) is 2.65. The first-order chi connectivity index (χ1) is 13.2. The number of fused-ring (bicyclic) bond motifs is 1. The molecule has 6 nitrogen and oxygen atoms in total. The molecule has 0 N–H and O–H groups in total. The minimum Gasteiger partial charge on any atom is -0.337 e. The maximum Gasteiger partial charge on any atom is 0.286 e. The lowest BCUT2D eigenvalue weighted by atomic mass is 10.1. The Morgan fingerprint density at radius 2 is 1.93 bits per heavy atom. The fourth-order valence-corrected chi connectivity index (χ4v) is 4.47. The normalized spacial score (nSPS) is 15.0. The lowest BCUT2D eigenvalue weighted by Gasteiger charge is -2.29. The minimum absolute atomic E-state index is 0.0108. The topological polar surface area (TPSA) is 70.0 Å². The van der Waals surface area contributed by atoms with Crippen LogP contribution in [0.5, 0.6) is 0 Å². The van der Waals surface area contributed by atoms with Crippen LogP contribution in [0.2, 0.25) is 0 Å². The van der Waals surface area contributed by atoms with E-state index in [1.165, 1.54) is 17.0 Å². The number of rotatable bonds is 5. The van der Waals surface area contributed by atoms with Gasteiger partial charge in [0.1, 0.15) is 16.5 Å². The van der Waals surface area contributed by atoms with Gasteiger partial charge in [0, 0.05) is 31.3 Å². The van der Waals surface area contributed by atoms with Gasteiger partial charge in [-0.15, -0.1) is 4.40 Å². The second-order valence-electron chi connectivity index (χ2n) is 6.70. The third-order valence-corrected chi connectivity index (χ3v) is 5.97. The van der Waals surface area contributed by atoms with Gasteiger partial charge in [0.05, 0.1) is 5.69 Å². The summed E-state index contributed by atoms with van der Waals surface area (Å²) in [5.41, 5.74) is 1.12. The van der Waals surface area contributed by atoms with Crippen LogP contribution >= 0.6 is 0 Å². The lowest BCUT2D eigenvalue weighted by Crippen LogP contribution is -2.35. The van der Waals surface area contributed by atoms with Gasteiger partial charge in [0.25, 0.3) is 15.9 Å². The molecule has 0 bridgehead atoms. The first-order valence-electron chi connectivity index (χ1n) is 8.96. The SMILES string of the molecule is CCCN1C(C)=NS(=O)(=O)c2cc(C(=O)N(C)Cc3ccccc3F)ccc21. The second-order valence-corrected chi connectivity index (χ2v) is 8.27. The van der Waals surface area contributed by atoms with Crippen molar-refractivity contribution in [3.63, 3.8) is 0 Å². The summed E-state index contributed by atoms with van der Waals surface area (Å²) < 4.78 is 42.7. The van der Waals surface area contributed by atoms with Gasteiger partial charge in [-0.1, -0.05) is 25.1 Å². The zero-order chi connectivity index (χ0) is 20.5. The van der Waals surface area contributed by atoms with Gasteiger partial charge in [-0.25, -0.2) is 4.39 Å². The van der Waals surface area contributed by atoms with E-state index >= 15 is 0 Å². The number of benzene rings is 2. The number of anilines is 1. The van der Waals surface area contributed by atoms with Crippen molar-refractivity contribution in [2.75, 3.05) is 18.5 Å². The summed E-state index contributed by atoms with van der Waals surface area (Å²) in [6.45, 7) is 4.34. The van der Waals surface area contributed by atoms with Crippen LogP contribution in [0.25, 0.3) is 0 Å². The molecule has 0 fully saturated rings. The highest BCUT2D eigenvalue weighted by atomic mass is 32.2. The molecule has 1 heterocycles. The molecule has 28 heavy (non-hydrogen) atoms. The third-order valence-electron chi connectivity index (χ3n) is 4.58. The number of hydrogen-bond donors (Lipinski definition) is 0. The van der Waals surface area contributed by atoms with Crippen molar-refractivity contribution in [3.8, 4) is 0 Å². The highest BCUT2D eigenvalue weighted by Crippen LogP contribution is 2.33. The molecular weight excluding hydrogens is 381 g/mol. The molecule has 0 spiro atoms. The fourth-order valence-electron chi connectivity index (χ4n) is 3.20. The Balaban J connectivity index is 1.93. The van der Waals surface area contributed by atoms with Crippen LogP contribution in [-0.2, 0) is 16.6 Å². The zero-order valence-electron chi connectivity index (χ0n) is 16.0. The molecule has 0 aromatic heterocycles. The number of carbonyl (C=O) groups is 1. The maximum absolute atomic E-state index is 13.9. The summed E-state index contributed by atoms with van der Waals surface area (Å²) in [4.78, 5) is 16.0. The molecule has 1 amide bonds. The predicted molar refractivity (Wildman–Crippen MR) is 107 cm³/mol. The third kappa shape index (κ3) is 3.77. The van der Waals surface area contributed by atoms with Crippen molar-refractivity contribution in [1.29, 1.82) is 0 Å². The van der Waals surface area contributed by atoms with Crippen LogP contribution in [0.3, 0.4) is 0 Å². The Kier molecular flexibility index (Phi) is 5.51. The van der Waals surface area contributed by atoms with Crippen LogP contribution in [0.4, 0.5) is 10.1 Å². The van der Waals surface area contributed by atoms with E-state index < -0.39 is 21.7 Å². The van der Waals surface area contributed by atoms with Crippen molar-refractivity contribution in [2.24, 2.45) is 4.40 Å². The molecule has 1 aliphatic heterocycles. The molecular formula is C20H22FN3O3S. The van der Waals surface area contributed by atoms with Crippen molar-refractivity contribution in [2.45, 2.75) is 31.7 Å². The summed E-state index contributed by atoms with van der Waals surface area (Å²) in [5.74, 6) is -0.380. The number of amidine groups is 1. The zero-order valence-corrected chi connectivity index (χ0v) is 16.8. The average molecular weight is 403 g/mol. The Bertz CT molecular complexity index is 1050. The van der Waals surface area contributed by atoms with E-state index in [1.807, 2.05) is 11.8 Å². The second kappa shape index (κ2) is 7.71. The molecule has 1 aliphatic rings. The van der Waals surface area contributed by atoms with Crippen molar-refractivity contribution in [1.82, 2.24) is 4.90 Å². The van der Waals surface area contributed by atoms with Gasteiger partial charge >= 0.3 is 0 Å². The van der Waals surface area contributed by atoms with Crippen molar-refractivity contribution in [3.05, 3.63) is 59.4 Å². The molecule has 3 rings (SSSR count). The predicted octanol–water partition coefficient (Wildman–Crippen LogP) is 3.44. The van der Waals surface area contributed by atoms with Gasteiger partial charge < -0.3 is 9.80 Å². The number of hydrogen-bond acceptors (Lipinski definition) is 4. The number of nitrogens with zero attached hydrogens (tertiary/aromatic N) is 3. The van der Waals surface area contributed by atoms with E-state index in [0.29, 0.717) is 23.6 Å². The molecule has 0 atom stereocenters. The number of sulfonamides is 1. The summed E-state index contributed by atoms with van der Waals surface area (Å²) >= 11 is 0. The smallest absolute Gasteiger partial charge is 0.286 e. The maximum atomic E-state index is 13.9. The molecule has 0 unspecified atom stereocenters. The van der Waals surface area contributed by atoms with Gasteiger partial charge in [-0.2, -0.15) is 8.42 Å². The molecule has 2 aromatic rings. The number of carbonyl (C=O) groups excluding carboxylic acids is 1. The molecule has 2 aromatic carbocycles. The number of halogens is 1. The van der Waals surface area contributed by atoms with Gasteiger partial charge in [-0.05, 0) is 37.6 Å². The Hall–Kier alpha value is -2.74. The first kappa shape index (κ1) is 20.0. The first-order valence-corrected chi connectivity index (χ1v) is 10.4.